The van der Waals surface area contributed by atoms with Crippen molar-refractivity contribution in [3.8, 4) is 11.3 Å². The number of anilines is 1. The monoisotopic (exact) mass is 324 g/mol. The molecule has 7 nitrogen and oxygen atoms in total. The highest BCUT2D eigenvalue weighted by Crippen LogP contribution is 2.34. The average molecular weight is 325 g/mol. The lowest BCUT2D eigenvalue weighted by Gasteiger charge is -2.17. The van der Waals surface area contributed by atoms with Crippen LogP contribution in [-0.4, -0.2) is 49.8 Å². The molecule has 3 rings (SSSR count). The normalized spacial score (nSPS) is 28.2. The van der Waals surface area contributed by atoms with Crippen molar-refractivity contribution < 1.29 is 20.1 Å². The largest absolute Gasteiger partial charge is 0.394 e. The van der Waals surface area contributed by atoms with Gasteiger partial charge in [-0.05, 0) is 6.07 Å². The number of aliphatic hydroxyl groups is 3. The van der Waals surface area contributed by atoms with Crippen LogP contribution in [0.4, 0.5) is 5.82 Å². The Morgan fingerprint density at radius 1 is 1.41 bits per heavy atom. The molecule has 1 aliphatic heterocycles. The second-order valence-corrected chi connectivity index (χ2v) is 5.45. The minimum Gasteiger partial charge on any atom is -0.394 e. The summed E-state index contributed by atoms with van der Waals surface area (Å²) in [5, 5.41) is 29.4. The highest BCUT2D eigenvalue weighted by molar-refractivity contribution is 6.30. The van der Waals surface area contributed by atoms with Gasteiger partial charge in [0.2, 0.25) is 0 Å². The van der Waals surface area contributed by atoms with Gasteiger partial charge in [-0.1, -0.05) is 23.7 Å². The summed E-state index contributed by atoms with van der Waals surface area (Å²) < 4.78 is 6.86. The van der Waals surface area contributed by atoms with E-state index in [1.807, 2.05) is 0 Å². The first-order chi connectivity index (χ1) is 10.5. The van der Waals surface area contributed by atoms with Crippen LogP contribution in [0.25, 0.3) is 11.3 Å². The van der Waals surface area contributed by atoms with Crippen LogP contribution in [0, 0.1) is 6.07 Å². The summed E-state index contributed by atoms with van der Waals surface area (Å²) in [5.41, 5.74) is 7.25. The van der Waals surface area contributed by atoms with Gasteiger partial charge >= 0.3 is 0 Å². The smallest absolute Gasteiger partial charge is 0.165 e. The lowest BCUT2D eigenvalue weighted by atomic mass is 10.1. The highest BCUT2D eigenvalue weighted by atomic mass is 35.5. The van der Waals surface area contributed by atoms with Crippen molar-refractivity contribution in [1.82, 2.24) is 9.55 Å². The Morgan fingerprint density at radius 3 is 2.82 bits per heavy atom. The van der Waals surface area contributed by atoms with E-state index in [4.69, 9.17) is 27.2 Å². The molecule has 22 heavy (non-hydrogen) atoms. The number of hydrogen-bond acceptors (Lipinski definition) is 6. The third-order valence-corrected chi connectivity index (χ3v) is 3.88. The third kappa shape index (κ3) is 2.47. The quantitative estimate of drug-likeness (QED) is 0.641. The zero-order chi connectivity index (χ0) is 15.9. The van der Waals surface area contributed by atoms with E-state index in [1.165, 1.54) is 10.9 Å². The fraction of sp³-hybridized carbons (Fsp3) is 0.357. The summed E-state index contributed by atoms with van der Waals surface area (Å²) in [7, 11) is 0. The molecule has 0 unspecified atom stereocenters. The van der Waals surface area contributed by atoms with Crippen LogP contribution in [-0.2, 0) is 4.74 Å². The van der Waals surface area contributed by atoms with Crippen LogP contribution >= 0.6 is 11.6 Å². The Kier molecular flexibility index (Phi) is 4.07. The van der Waals surface area contributed by atoms with E-state index in [0.717, 1.165) is 0 Å². The molecule has 0 saturated carbocycles. The molecule has 1 aromatic carbocycles. The summed E-state index contributed by atoms with van der Waals surface area (Å²) in [4.78, 5) is 4.21. The number of rotatable bonds is 3. The molecule has 0 amide bonds. The second kappa shape index (κ2) is 5.86. The molecular weight excluding hydrogens is 310 g/mol. The minimum absolute atomic E-state index is 0.261. The molecule has 5 N–H and O–H groups in total. The molecule has 1 aliphatic rings. The number of nitrogen functional groups attached to an aromatic ring is 1. The predicted octanol–water partition coefficient (Wildman–Crippen LogP) is 0.197. The van der Waals surface area contributed by atoms with Crippen molar-refractivity contribution in [1.29, 1.82) is 0 Å². The van der Waals surface area contributed by atoms with Gasteiger partial charge in [0.05, 0.1) is 12.9 Å². The molecule has 0 aliphatic carbocycles. The Morgan fingerprint density at radius 2 is 2.18 bits per heavy atom. The maximum Gasteiger partial charge on any atom is 0.165 e. The summed E-state index contributed by atoms with van der Waals surface area (Å²) >= 11 is 5.90. The molecule has 1 fully saturated rings. The summed E-state index contributed by atoms with van der Waals surface area (Å²) in [6.45, 7) is -0.402. The zero-order valence-electron chi connectivity index (χ0n) is 11.4. The standard InChI is InChI=1S/C14H15ClN3O4/c15-8-3-1-2-7(4-8)10-13(16)18(6-17-10)14-12(21)11(20)9(5-19)22-14/h1-2,4,6,9,11-12,14,19-21H,5,16H2/t9-,11-,12-,14-/m1/s1. The predicted molar refractivity (Wildman–Crippen MR) is 78.9 cm³/mol. The average Bonchev–Trinajstić information content (AvgIpc) is 3.01. The van der Waals surface area contributed by atoms with E-state index in [1.54, 1.807) is 18.2 Å². The first kappa shape index (κ1) is 15.3. The summed E-state index contributed by atoms with van der Waals surface area (Å²) in [5.74, 6) is 0.261. The van der Waals surface area contributed by atoms with Crippen molar-refractivity contribution in [2.75, 3.05) is 12.3 Å². The minimum atomic E-state index is -1.21. The van der Waals surface area contributed by atoms with Crippen molar-refractivity contribution in [2.24, 2.45) is 0 Å². The van der Waals surface area contributed by atoms with Gasteiger partial charge in [0.25, 0.3) is 0 Å². The second-order valence-electron chi connectivity index (χ2n) is 5.04. The van der Waals surface area contributed by atoms with Crippen molar-refractivity contribution in [3.05, 3.63) is 35.6 Å². The number of nitrogens with two attached hydrogens (primary N) is 1. The van der Waals surface area contributed by atoms with Crippen molar-refractivity contribution >= 4 is 17.4 Å². The van der Waals surface area contributed by atoms with E-state index < -0.39 is 31.1 Å². The maximum atomic E-state index is 10.0. The molecule has 4 atom stereocenters. The zero-order valence-corrected chi connectivity index (χ0v) is 12.2. The van der Waals surface area contributed by atoms with Crippen LogP contribution < -0.4 is 5.73 Å². The highest BCUT2D eigenvalue weighted by Gasteiger charge is 2.44. The van der Waals surface area contributed by atoms with Crippen LogP contribution in [0.15, 0.2) is 24.5 Å². The Labute approximate surface area is 131 Å². The number of benzene rings is 1. The third-order valence-electron chi connectivity index (χ3n) is 3.66. The molecule has 0 bridgehead atoms. The number of aromatic nitrogens is 2. The lowest BCUT2D eigenvalue weighted by molar-refractivity contribution is -0.0517. The number of imidazole rings is 1. The number of halogens is 1. The van der Waals surface area contributed by atoms with Gasteiger partial charge < -0.3 is 25.8 Å². The lowest BCUT2D eigenvalue weighted by Crippen LogP contribution is -2.33. The molecule has 2 heterocycles. The van der Waals surface area contributed by atoms with Crippen LogP contribution in [0.2, 0.25) is 5.02 Å². The SMILES string of the molecule is Nc1c(-c2cc[c]c(Cl)c2)ncn1[C@@H]1O[C@H](CO)[C@@H](O)[C@H]1O. The van der Waals surface area contributed by atoms with E-state index in [-0.39, 0.29) is 5.82 Å². The van der Waals surface area contributed by atoms with Crippen molar-refractivity contribution in [3.63, 3.8) is 0 Å². The number of aliphatic hydroxyl groups excluding tert-OH is 3. The maximum absolute atomic E-state index is 10.0. The molecule has 1 saturated heterocycles. The number of ether oxygens (including phenoxy) is 1. The summed E-state index contributed by atoms with van der Waals surface area (Å²) in [6.07, 6.45) is -2.78. The van der Waals surface area contributed by atoms with E-state index >= 15 is 0 Å². The van der Waals surface area contributed by atoms with Crippen LogP contribution in [0.1, 0.15) is 6.23 Å². The van der Waals surface area contributed by atoms with Gasteiger partial charge in [0.1, 0.15) is 29.8 Å². The summed E-state index contributed by atoms with van der Waals surface area (Å²) in [6, 6.07) is 7.89. The molecule has 1 aromatic heterocycles. The van der Waals surface area contributed by atoms with Crippen LogP contribution in [0.3, 0.4) is 0 Å². The molecule has 8 heteroatoms. The molecule has 2 aromatic rings. The number of nitrogens with zero attached hydrogens (tertiary/aromatic N) is 2. The first-order valence-corrected chi connectivity index (χ1v) is 7.03. The van der Waals surface area contributed by atoms with Gasteiger partial charge in [0.15, 0.2) is 6.23 Å². The fourth-order valence-electron chi connectivity index (χ4n) is 2.49. The van der Waals surface area contributed by atoms with Gasteiger partial charge in [0, 0.05) is 16.7 Å². The van der Waals surface area contributed by atoms with E-state index in [2.05, 4.69) is 11.1 Å². The molecule has 0 spiro atoms. The Bertz CT molecular complexity index is 678. The van der Waals surface area contributed by atoms with Gasteiger partial charge in [-0.2, -0.15) is 0 Å². The molecule has 1 radical (unpaired) electrons. The molecule has 117 valence electrons. The van der Waals surface area contributed by atoms with Gasteiger partial charge in [-0.3, -0.25) is 4.57 Å². The van der Waals surface area contributed by atoms with E-state index in [9.17, 15) is 10.2 Å². The van der Waals surface area contributed by atoms with Gasteiger partial charge in [-0.25, -0.2) is 4.98 Å². The number of hydrogen-bond donors (Lipinski definition) is 4. The van der Waals surface area contributed by atoms with E-state index in [0.29, 0.717) is 16.3 Å². The topological polar surface area (TPSA) is 114 Å². The van der Waals surface area contributed by atoms with Crippen molar-refractivity contribution in [2.45, 2.75) is 24.5 Å². The Balaban J connectivity index is 1.94. The van der Waals surface area contributed by atoms with Crippen LogP contribution in [0.5, 0.6) is 0 Å². The molecular formula is C14H15ClN3O4. The fourth-order valence-corrected chi connectivity index (χ4v) is 2.67. The Hall–Kier alpha value is -1.64. The first-order valence-electron chi connectivity index (χ1n) is 6.65. The van der Waals surface area contributed by atoms with Gasteiger partial charge in [-0.15, -0.1) is 0 Å².